The molecule has 4 aromatic rings. The van der Waals surface area contributed by atoms with E-state index in [0.29, 0.717) is 35.0 Å². The van der Waals surface area contributed by atoms with Gasteiger partial charge < -0.3 is 10.1 Å². The van der Waals surface area contributed by atoms with Crippen LogP contribution in [0.3, 0.4) is 0 Å². The first kappa shape index (κ1) is 19.8. The van der Waals surface area contributed by atoms with Gasteiger partial charge in [0.1, 0.15) is 4.88 Å². The molecule has 30 heavy (non-hydrogen) atoms. The molecule has 1 N–H and O–H groups in total. The lowest BCUT2D eigenvalue weighted by Crippen LogP contribution is -2.14. The Kier molecular flexibility index (Phi) is 5.58. The summed E-state index contributed by atoms with van der Waals surface area (Å²) >= 11 is 1.37. The van der Waals surface area contributed by atoms with Crippen molar-refractivity contribution in [1.82, 2.24) is 14.8 Å². The van der Waals surface area contributed by atoms with E-state index in [4.69, 9.17) is 4.74 Å². The van der Waals surface area contributed by atoms with E-state index in [1.165, 1.54) is 11.3 Å². The maximum atomic E-state index is 12.9. The average Bonchev–Trinajstić information content (AvgIpc) is 3.38. The molecule has 4 rings (SSSR count). The smallest absolute Gasteiger partial charge is 0.348 e. The first-order valence-electron chi connectivity index (χ1n) is 9.61. The highest BCUT2D eigenvalue weighted by Crippen LogP contribution is 2.29. The molecule has 0 saturated heterocycles. The van der Waals surface area contributed by atoms with Crippen LogP contribution in [-0.4, -0.2) is 33.2 Å². The number of anilines is 1. The van der Waals surface area contributed by atoms with Crippen LogP contribution in [0.25, 0.3) is 15.9 Å². The molecule has 0 fully saturated rings. The second-order valence-electron chi connectivity index (χ2n) is 6.50. The van der Waals surface area contributed by atoms with Crippen LogP contribution < -0.4 is 5.32 Å². The van der Waals surface area contributed by atoms with Crippen molar-refractivity contribution < 1.29 is 14.3 Å². The van der Waals surface area contributed by atoms with Gasteiger partial charge in [-0.05, 0) is 55.1 Å². The lowest BCUT2D eigenvalue weighted by molar-refractivity contribution is 0.0532. The molecule has 3 aromatic heterocycles. The topological polar surface area (TPSA) is 86.1 Å². The standard InChI is InChI=1S/C22H20N4O3S/c1-3-17-16(13-24-26(17)20-7-5-6-10-23-20)21(27)25-15-8-9-18-14(11-15)12-19(30-18)22(28)29-4-2/h5-13H,3-4H2,1-2H3,(H,25,27). The summed E-state index contributed by atoms with van der Waals surface area (Å²) < 4.78 is 7.70. The second-order valence-corrected chi connectivity index (χ2v) is 7.58. The number of hydrogen-bond donors (Lipinski definition) is 1. The van der Waals surface area contributed by atoms with E-state index in [0.717, 1.165) is 15.8 Å². The number of hydrogen-bond acceptors (Lipinski definition) is 6. The third-order valence-electron chi connectivity index (χ3n) is 4.57. The van der Waals surface area contributed by atoms with Gasteiger partial charge in [-0.15, -0.1) is 11.3 Å². The van der Waals surface area contributed by atoms with Crippen LogP contribution in [0.5, 0.6) is 0 Å². The van der Waals surface area contributed by atoms with Crippen LogP contribution in [-0.2, 0) is 11.2 Å². The SMILES string of the molecule is CCOC(=O)c1cc2cc(NC(=O)c3cnn(-c4ccccn4)c3CC)ccc2s1. The number of pyridine rings is 1. The Morgan fingerprint density at radius 3 is 2.77 bits per heavy atom. The Balaban J connectivity index is 1.59. The molecule has 0 bridgehead atoms. The van der Waals surface area contributed by atoms with Gasteiger partial charge >= 0.3 is 5.97 Å². The van der Waals surface area contributed by atoms with Gasteiger partial charge in [-0.3, -0.25) is 4.79 Å². The zero-order chi connectivity index (χ0) is 21.1. The highest BCUT2D eigenvalue weighted by atomic mass is 32.1. The van der Waals surface area contributed by atoms with Gasteiger partial charge in [0, 0.05) is 16.6 Å². The van der Waals surface area contributed by atoms with Gasteiger partial charge in [0.05, 0.1) is 24.1 Å². The monoisotopic (exact) mass is 420 g/mol. The highest BCUT2D eigenvalue weighted by Gasteiger charge is 2.18. The summed E-state index contributed by atoms with van der Waals surface area (Å²) in [4.78, 5) is 29.7. The van der Waals surface area contributed by atoms with Crippen molar-refractivity contribution in [2.24, 2.45) is 0 Å². The van der Waals surface area contributed by atoms with Crippen LogP contribution >= 0.6 is 11.3 Å². The molecular weight excluding hydrogens is 400 g/mol. The molecular formula is C22H20N4O3S. The van der Waals surface area contributed by atoms with Crippen molar-refractivity contribution in [3.8, 4) is 5.82 Å². The molecule has 3 heterocycles. The van der Waals surface area contributed by atoms with E-state index in [1.807, 2.05) is 43.3 Å². The number of esters is 1. The number of nitrogens with zero attached hydrogens (tertiary/aromatic N) is 3. The molecule has 0 atom stereocenters. The molecule has 1 amide bonds. The minimum atomic E-state index is -0.334. The molecule has 0 saturated carbocycles. The minimum absolute atomic E-state index is 0.241. The lowest BCUT2D eigenvalue weighted by Gasteiger charge is -2.08. The third-order valence-corrected chi connectivity index (χ3v) is 5.66. The van der Waals surface area contributed by atoms with E-state index in [2.05, 4.69) is 15.4 Å². The van der Waals surface area contributed by atoms with E-state index in [-0.39, 0.29) is 11.9 Å². The summed E-state index contributed by atoms with van der Waals surface area (Å²) in [7, 11) is 0. The Labute approximate surface area is 177 Å². The largest absolute Gasteiger partial charge is 0.462 e. The van der Waals surface area contributed by atoms with Crippen LogP contribution in [0.2, 0.25) is 0 Å². The minimum Gasteiger partial charge on any atom is -0.462 e. The number of benzene rings is 1. The van der Waals surface area contributed by atoms with Crippen molar-refractivity contribution in [1.29, 1.82) is 0 Å². The predicted molar refractivity (Wildman–Crippen MR) is 116 cm³/mol. The number of nitrogens with one attached hydrogen (secondary N) is 1. The van der Waals surface area contributed by atoms with Gasteiger partial charge in [-0.1, -0.05) is 13.0 Å². The normalized spacial score (nSPS) is 10.9. The van der Waals surface area contributed by atoms with Crippen molar-refractivity contribution in [3.05, 3.63) is 71.0 Å². The summed E-state index contributed by atoms with van der Waals surface area (Å²) in [6.45, 7) is 4.08. The van der Waals surface area contributed by atoms with Crippen LogP contribution in [0.4, 0.5) is 5.69 Å². The predicted octanol–water partition coefficient (Wildman–Crippen LogP) is 4.47. The molecule has 1 aromatic carbocycles. The number of amides is 1. The molecule has 7 nitrogen and oxygen atoms in total. The van der Waals surface area contributed by atoms with Crippen LogP contribution in [0.15, 0.2) is 54.9 Å². The number of rotatable bonds is 6. The maximum Gasteiger partial charge on any atom is 0.348 e. The molecule has 152 valence electrons. The molecule has 0 spiro atoms. The Hall–Kier alpha value is -3.52. The number of thiophene rings is 1. The molecule has 0 aliphatic rings. The van der Waals surface area contributed by atoms with Crippen LogP contribution in [0.1, 0.15) is 39.6 Å². The fourth-order valence-electron chi connectivity index (χ4n) is 3.20. The van der Waals surface area contributed by atoms with Crippen molar-refractivity contribution in [2.45, 2.75) is 20.3 Å². The Morgan fingerprint density at radius 1 is 1.17 bits per heavy atom. The van der Waals surface area contributed by atoms with Crippen LogP contribution in [0, 0.1) is 0 Å². The summed E-state index contributed by atoms with van der Waals surface area (Å²) in [5.74, 6) is 0.0904. The van der Waals surface area contributed by atoms with Crippen molar-refractivity contribution in [3.63, 3.8) is 0 Å². The first-order valence-corrected chi connectivity index (χ1v) is 10.4. The number of carbonyl (C=O) groups excluding carboxylic acids is 2. The first-order chi connectivity index (χ1) is 14.6. The molecule has 0 aliphatic heterocycles. The van der Waals surface area contributed by atoms with Gasteiger partial charge in [0.2, 0.25) is 0 Å². The van der Waals surface area contributed by atoms with Gasteiger partial charge in [-0.25, -0.2) is 14.5 Å². The zero-order valence-electron chi connectivity index (χ0n) is 16.6. The van der Waals surface area contributed by atoms with Gasteiger partial charge in [-0.2, -0.15) is 5.10 Å². The van der Waals surface area contributed by atoms with E-state index in [1.54, 1.807) is 30.1 Å². The summed E-state index contributed by atoms with van der Waals surface area (Å²) in [6.07, 6.45) is 3.88. The Morgan fingerprint density at radius 2 is 2.03 bits per heavy atom. The number of ether oxygens (including phenoxy) is 1. The molecule has 0 unspecified atom stereocenters. The maximum absolute atomic E-state index is 12.9. The van der Waals surface area contributed by atoms with Crippen molar-refractivity contribution >= 4 is 39.0 Å². The average molecular weight is 420 g/mol. The fourth-order valence-corrected chi connectivity index (χ4v) is 4.14. The molecule has 0 radical (unpaired) electrons. The molecule has 0 aliphatic carbocycles. The van der Waals surface area contributed by atoms with E-state index >= 15 is 0 Å². The summed E-state index contributed by atoms with van der Waals surface area (Å²) in [5.41, 5.74) is 1.93. The molecule has 8 heteroatoms. The fraction of sp³-hybridized carbons (Fsp3) is 0.182. The second kappa shape index (κ2) is 8.46. The van der Waals surface area contributed by atoms with Gasteiger partial charge in [0.15, 0.2) is 5.82 Å². The summed E-state index contributed by atoms with van der Waals surface area (Å²) in [5, 5.41) is 8.16. The third kappa shape index (κ3) is 3.81. The lowest BCUT2D eigenvalue weighted by atomic mass is 10.1. The number of fused-ring (bicyclic) bond motifs is 1. The zero-order valence-corrected chi connectivity index (χ0v) is 17.4. The van der Waals surface area contributed by atoms with Gasteiger partial charge in [0.25, 0.3) is 5.91 Å². The quantitative estimate of drug-likeness (QED) is 0.465. The number of aromatic nitrogens is 3. The number of carbonyl (C=O) groups is 2. The Bertz CT molecular complexity index is 1210. The summed E-state index contributed by atoms with van der Waals surface area (Å²) in [6, 6.07) is 12.9. The highest BCUT2D eigenvalue weighted by molar-refractivity contribution is 7.20. The van der Waals surface area contributed by atoms with Crippen molar-refractivity contribution in [2.75, 3.05) is 11.9 Å². The van der Waals surface area contributed by atoms with E-state index < -0.39 is 0 Å². The van der Waals surface area contributed by atoms with E-state index in [9.17, 15) is 9.59 Å².